The van der Waals surface area contributed by atoms with Crippen LogP contribution in [0.15, 0.2) is 42.5 Å². The van der Waals surface area contributed by atoms with Crippen molar-refractivity contribution in [3.8, 4) is 11.5 Å². The summed E-state index contributed by atoms with van der Waals surface area (Å²) in [6.45, 7) is 9.21. The van der Waals surface area contributed by atoms with Gasteiger partial charge in [-0.1, -0.05) is 37.3 Å². The Morgan fingerprint density at radius 3 is 2.67 bits per heavy atom. The first kappa shape index (κ1) is 20.8. The third-order valence-electron chi connectivity index (χ3n) is 4.37. The van der Waals surface area contributed by atoms with Gasteiger partial charge < -0.3 is 14.8 Å². The van der Waals surface area contributed by atoms with Crippen molar-refractivity contribution in [2.45, 2.75) is 53.1 Å². The van der Waals surface area contributed by atoms with Gasteiger partial charge in [0, 0.05) is 6.54 Å². The van der Waals surface area contributed by atoms with Crippen LogP contribution in [0.1, 0.15) is 43.4 Å². The average molecular weight is 370 g/mol. The van der Waals surface area contributed by atoms with Crippen LogP contribution in [0.25, 0.3) is 0 Å². The molecule has 1 N–H and O–H groups in total. The molecule has 4 nitrogen and oxygen atoms in total. The number of rotatable bonds is 10. The highest BCUT2D eigenvalue weighted by Crippen LogP contribution is 2.21. The fourth-order valence-corrected chi connectivity index (χ4v) is 2.78. The zero-order valence-corrected chi connectivity index (χ0v) is 16.9. The maximum absolute atomic E-state index is 12.3. The summed E-state index contributed by atoms with van der Waals surface area (Å²) in [7, 11) is 0. The summed E-state index contributed by atoms with van der Waals surface area (Å²) in [4.78, 5) is 12.3. The summed E-state index contributed by atoms with van der Waals surface area (Å²) in [5, 5.41) is 2.96. The van der Waals surface area contributed by atoms with Crippen LogP contribution in [-0.2, 0) is 11.2 Å². The number of nitrogens with one attached hydrogen (secondary N) is 1. The van der Waals surface area contributed by atoms with Crippen LogP contribution in [0.5, 0.6) is 11.5 Å². The molecular formula is C23H31NO3. The van der Waals surface area contributed by atoms with E-state index < -0.39 is 6.10 Å². The number of ether oxygens (including phenoxy) is 2. The van der Waals surface area contributed by atoms with Gasteiger partial charge in [-0.15, -0.1) is 0 Å². The fraction of sp³-hybridized carbons (Fsp3) is 0.435. The lowest BCUT2D eigenvalue weighted by molar-refractivity contribution is -0.127. The Labute approximate surface area is 162 Å². The Bertz CT molecular complexity index is 742. The van der Waals surface area contributed by atoms with Gasteiger partial charge >= 0.3 is 0 Å². The molecular weight excluding hydrogens is 338 g/mol. The van der Waals surface area contributed by atoms with Crippen LogP contribution in [0.3, 0.4) is 0 Å². The number of benzene rings is 2. The number of hydrogen-bond donors (Lipinski definition) is 1. The zero-order chi connectivity index (χ0) is 19.6. The predicted molar refractivity (Wildman–Crippen MR) is 110 cm³/mol. The second-order valence-electron chi connectivity index (χ2n) is 6.88. The fourth-order valence-electron chi connectivity index (χ4n) is 2.78. The molecule has 2 aromatic rings. The molecule has 0 heterocycles. The third kappa shape index (κ3) is 6.63. The standard InChI is InChI=1S/C23H31NO3/c1-5-15-26-21-11-7-6-9-20(21)10-8-14-24-23(25)19(4)27-22-16-17(2)12-13-18(22)3/h6-7,9,11-13,16,19H,5,8,10,14-15H2,1-4H3,(H,24,25)/t19-/m0/s1. The lowest BCUT2D eigenvalue weighted by Crippen LogP contribution is -2.37. The summed E-state index contributed by atoms with van der Waals surface area (Å²) in [5.74, 6) is 1.61. The van der Waals surface area contributed by atoms with Crippen LogP contribution in [-0.4, -0.2) is 25.2 Å². The molecule has 0 aromatic heterocycles. The highest BCUT2D eigenvalue weighted by molar-refractivity contribution is 5.80. The van der Waals surface area contributed by atoms with E-state index in [9.17, 15) is 4.79 Å². The van der Waals surface area contributed by atoms with Crippen molar-refractivity contribution in [3.63, 3.8) is 0 Å². The summed E-state index contributed by atoms with van der Waals surface area (Å²) in [6.07, 6.45) is 2.19. The minimum absolute atomic E-state index is 0.0913. The van der Waals surface area contributed by atoms with Gasteiger partial charge in [0.1, 0.15) is 11.5 Å². The van der Waals surface area contributed by atoms with Gasteiger partial charge in [0.05, 0.1) is 6.61 Å². The molecule has 0 aliphatic heterocycles. The molecule has 0 saturated heterocycles. The molecule has 2 aromatic carbocycles. The van der Waals surface area contributed by atoms with Gasteiger partial charge in [0.15, 0.2) is 6.10 Å². The second-order valence-corrected chi connectivity index (χ2v) is 6.88. The Morgan fingerprint density at radius 1 is 1.11 bits per heavy atom. The molecule has 0 saturated carbocycles. The molecule has 4 heteroatoms. The van der Waals surface area contributed by atoms with E-state index in [1.54, 1.807) is 6.92 Å². The van der Waals surface area contributed by atoms with Gasteiger partial charge in [-0.05, 0) is 68.9 Å². The first-order valence-electron chi connectivity index (χ1n) is 9.73. The second kappa shape index (κ2) is 10.6. The molecule has 0 radical (unpaired) electrons. The predicted octanol–water partition coefficient (Wildman–Crippen LogP) is 4.61. The third-order valence-corrected chi connectivity index (χ3v) is 4.37. The first-order chi connectivity index (χ1) is 13.0. The minimum atomic E-state index is -0.523. The van der Waals surface area contributed by atoms with Crippen molar-refractivity contribution in [1.29, 1.82) is 0 Å². The van der Waals surface area contributed by atoms with Gasteiger partial charge in [0.25, 0.3) is 5.91 Å². The van der Waals surface area contributed by atoms with Gasteiger partial charge in [-0.25, -0.2) is 0 Å². The maximum Gasteiger partial charge on any atom is 0.260 e. The normalized spacial score (nSPS) is 11.7. The van der Waals surface area contributed by atoms with E-state index in [1.165, 1.54) is 5.56 Å². The van der Waals surface area contributed by atoms with E-state index >= 15 is 0 Å². The molecule has 27 heavy (non-hydrogen) atoms. The SMILES string of the molecule is CCCOc1ccccc1CCCNC(=O)[C@H](C)Oc1cc(C)ccc1C. The smallest absolute Gasteiger partial charge is 0.260 e. The molecule has 0 bridgehead atoms. The lowest BCUT2D eigenvalue weighted by Gasteiger charge is -2.17. The van der Waals surface area contributed by atoms with Crippen molar-refractivity contribution in [2.75, 3.05) is 13.2 Å². The molecule has 0 spiro atoms. The van der Waals surface area contributed by atoms with E-state index in [0.29, 0.717) is 6.54 Å². The van der Waals surface area contributed by atoms with E-state index in [4.69, 9.17) is 9.47 Å². The summed E-state index contributed by atoms with van der Waals surface area (Å²) < 4.78 is 11.6. The van der Waals surface area contributed by atoms with Crippen LogP contribution in [0, 0.1) is 13.8 Å². The van der Waals surface area contributed by atoms with Crippen molar-refractivity contribution in [2.24, 2.45) is 0 Å². The molecule has 0 aliphatic rings. The maximum atomic E-state index is 12.3. The minimum Gasteiger partial charge on any atom is -0.493 e. The summed E-state index contributed by atoms with van der Waals surface area (Å²) in [5.41, 5.74) is 3.33. The number of aryl methyl sites for hydroxylation is 3. The Morgan fingerprint density at radius 2 is 1.89 bits per heavy atom. The Kier molecular flexibility index (Phi) is 8.18. The zero-order valence-electron chi connectivity index (χ0n) is 16.9. The number of carbonyl (C=O) groups excluding carboxylic acids is 1. The van der Waals surface area contributed by atoms with Crippen molar-refractivity contribution >= 4 is 5.91 Å². The van der Waals surface area contributed by atoms with Crippen molar-refractivity contribution < 1.29 is 14.3 Å². The molecule has 146 valence electrons. The highest BCUT2D eigenvalue weighted by Gasteiger charge is 2.15. The number of para-hydroxylation sites is 1. The topological polar surface area (TPSA) is 47.6 Å². The monoisotopic (exact) mass is 369 g/mol. The summed E-state index contributed by atoms with van der Waals surface area (Å²) >= 11 is 0. The highest BCUT2D eigenvalue weighted by atomic mass is 16.5. The van der Waals surface area contributed by atoms with Crippen LogP contribution < -0.4 is 14.8 Å². The van der Waals surface area contributed by atoms with Crippen molar-refractivity contribution in [1.82, 2.24) is 5.32 Å². The van der Waals surface area contributed by atoms with Crippen LogP contribution >= 0.6 is 0 Å². The molecule has 1 amide bonds. The molecule has 2 rings (SSSR count). The average Bonchev–Trinajstić information content (AvgIpc) is 2.67. The molecule has 0 unspecified atom stereocenters. The van der Waals surface area contributed by atoms with E-state index in [1.807, 2.05) is 50.2 Å². The molecule has 1 atom stereocenters. The number of carbonyl (C=O) groups is 1. The largest absolute Gasteiger partial charge is 0.493 e. The number of hydrogen-bond acceptors (Lipinski definition) is 3. The van der Waals surface area contributed by atoms with Gasteiger partial charge in [-0.2, -0.15) is 0 Å². The van der Waals surface area contributed by atoms with E-state index in [2.05, 4.69) is 18.3 Å². The molecule has 0 aliphatic carbocycles. The van der Waals surface area contributed by atoms with Crippen molar-refractivity contribution in [3.05, 3.63) is 59.2 Å². The Hall–Kier alpha value is -2.49. The molecule has 0 fully saturated rings. The number of amides is 1. The lowest BCUT2D eigenvalue weighted by atomic mass is 10.1. The summed E-state index contributed by atoms with van der Waals surface area (Å²) in [6, 6.07) is 14.1. The first-order valence-corrected chi connectivity index (χ1v) is 9.73. The van der Waals surface area contributed by atoms with Crippen LogP contribution in [0.2, 0.25) is 0 Å². The van der Waals surface area contributed by atoms with Gasteiger partial charge in [0.2, 0.25) is 0 Å². The van der Waals surface area contributed by atoms with Gasteiger partial charge in [-0.3, -0.25) is 4.79 Å². The van der Waals surface area contributed by atoms with E-state index in [0.717, 1.165) is 48.5 Å². The quantitative estimate of drug-likeness (QED) is 0.622. The van der Waals surface area contributed by atoms with Crippen LogP contribution in [0.4, 0.5) is 0 Å². The van der Waals surface area contributed by atoms with E-state index in [-0.39, 0.29) is 5.91 Å². The Balaban J connectivity index is 1.78.